The van der Waals surface area contributed by atoms with Gasteiger partial charge in [0.05, 0.1) is 5.60 Å². The molecular formula is C16H25N3O2. The predicted molar refractivity (Wildman–Crippen MR) is 82.7 cm³/mol. The fourth-order valence-corrected chi connectivity index (χ4v) is 3.25. The van der Waals surface area contributed by atoms with Crippen molar-refractivity contribution in [2.75, 3.05) is 11.9 Å². The first-order valence-corrected chi connectivity index (χ1v) is 8.15. The molecule has 2 fully saturated rings. The second-order valence-corrected chi connectivity index (χ2v) is 6.29. The molecule has 116 valence electrons. The number of nitrogens with one attached hydrogen (secondary N) is 1. The molecule has 0 spiro atoms. The highest BCUT2D eigenvalue weighted by molar-refractivity contribution is 5.33. The summed E-state index contributed by atoms with van der Waals surface area (Å²) in [6.45, 7) is 5.10. The first-order chi connectivity index (χ1) is 10.2. The van der Waals surface area contributed by atoms with Gasteiger partial charge in [-0.1, -0.05) is 13.8 Å². The minimum atomic E-state index is -0.0415. The third kappa shape index (κ3) is 2.98. The largest absolute Gasteiger partial charge is 0.375 e. The zero-order valence-corrected chi connectivity index (χ0v) is 13.0. The molecule has 0 amide bonds. The van der Waals surface area contributed by atoms with E-state index in [1.807, 2.05) is 4.57 Å². The molecule has 0 aromatic carbocycles. The molecule has 1 saturated carbocycles. The Morgan fingerprint density at radius 1 is 1.38 bits per heavy atom. The lowest BCUT2D eigenvalue weighted by Gasteiger charge is -2.40. The van der Waals surface area contributed by atoms with Gasteiger partial charge in [-0.25, -0.2) is 4.98 Å². The maximum atomic E-state index is 12.4. The second-order valence-electron chi connectivity index (χ2n) is 6.29. The Balaban J connectivity index is 1.74. The molecule has 1 aromatic heterocycles. The molecule has 1 unspecified atom stereocenters. The summed E-state index contributed by atoms with van der Waals surface area (Å²) in [7, 11) is 0. The maximum absolute atomic E-state index is 12.4. The Morgan fingerprint density at radius 3 is 2.81 bits per heavy atom. The third-order valence-corrected chi connectivity index (χ3v) is 4.93. The Bertz CT molecular complexity index is 547. The van der Waals surface area contributed by atoms with Crippen LogP contribution in [-0.4, -0.2) is 27.8 Å². The quantitative estimate of drug-likeness (QED) is 0.906. The molecule has 0 bridgehead atoms. The van der Waals surface area contributed by atoms with Crippen LogP contribution in [0.2, 0.25) is 0 Å². The summed E-state index contributed by atoms with van der Waals surface area (Å²) in [4.78, 5) is 16.7. The average Bonchev–Trinajstić information content (AvgIpc) is 3.34. The fourth-order valence-electron chi connectivity index (χ4n) is 3.25. The van der Waals surface area contributed by atoms with E-state index in [-0.39, 0.29) is 17.2 Å². The SMILES string of the molecule is CCC1(CC)CC(Nc2nccn(C3CC3)c2=O)CCO1. The highest BCUT2D eigenvalue weighted by Gasteiger charge is 2.35. The van der Waals surface area contributed by atoms with Crippen molar-refractivity contribution in [2.24, 2.45) is 0 Å². The second kappa shape index (κ2) is 5.79. The van der Waals surface area contributed by atoms with Crippen molar-refractivity contribution in [1.82, 2.24) is 9.55 Å². The normalized spacial score (nSPS) is 24.8. The van der Waals surface area contributed by atoms with Crippen molar-refractivity contribution in [3.8, 4) is 0 Å². The number of ether oxygens (including phenoxy) is 1. The Labute approximate surface area is 125 Å². The van der Waals surface area contributed by atoms with E-state index in [1.165, 1.54) is 0 Å². The van der Waals surface area contributed by atoms with E-state index in [0.29, 0.717) is 11.9 Å². The number of rotatable bonds is 5. The lowest BCUT2D eigenvalue weighted by Crippen LogP contribution is -2.44. The standard InChI is InChI=1S/C16H25N3O2/c1-3-16(4-2)11-12(7-10-21-16)18-14-15(20)19(9-8-17-14)13-5-6-13/h8-9,12-13H,3-7,10-11H2,1-2H3,(H,17,18). The van der Waals surface area contributed by atoms with Gasteiger partial charge < -0.3 is 14.6 Å². The minimum absolute atomic E-state index is 0.0186. The molecule has 3 rings (SSSR count). The van der Waals surface area contributed by atoms with E-state index < -0.39 is 0 Å². The van der Waals surface area contributed by atoms with Crippen molar-refractivity contribution in [2.45, 2.75) is 70.1 Å². The molecule has 21 heavy (non-hydrogen) atoms. The molecule has 1 aromatic rings. The van der Waals surface area contributed by atoms with Crippen molar-refractivity contribution in [3.05, 3.63) is 22.7 Å². The summed E-state index contributed by atoms with van der Waals surface area (Å²) in [5.41, 5.74) is -0.0229. The molecule has 1 aliphatic carbocycles. The van der Waals surface area contributed by atoms with Crippen LogP contribution >= 0.6 is 0 Å². The maximum Gasteiger partial charge on any atom is 0.293 e. The zero-order valence-electron chi connectivity index (χ0n) is 13.0. The molecule has 1 atom stereocenters. The van der Waals surface area contributed by atoms with Crippen LogP contribution in [0.1, 0.15) is 58.4 Å². The smallest absolute Gasteiger partial charge is 0.293 e. The molecule has 1 saturated heterocycles. The van der Waals surface area contributed by atoms with Crippen LogP contribution in [-0.2, 0) is 4.74 Å². The van der Waals surface area contributed by atoms with Crippen LogP contribution in [0.3, 0.4) is 0 Å². The minimum Gasteiger partial charge on any atom is -0.375 e. The molecule has 1 N–H and O–H groups in total. The number of hydrogen-bond acceptors (Lipinski definition) is 4. The number of aromatic nitrogens is 2. The molecule has 1 aliphatic heterocycles. The first kappa shape index (κ1) is 14.6. The number of nitrogens with zero attached hydrogens (tertiary/aromatic N) is 2. The van der Waals surface area contributed by atoms with Crippen LogP contribution in [0.5, 0.6) is 0 Å². The summed E-state index contributed by atoms with van der Waals surface area (Å²) < 4.78 is 7.81. The monoisotopic (exact) mass is 291 g/mol. The molecule has 5 heteroatoms. The topological polar surface area (TPSA) is 56.2 Å². The van der Waals surface area contributed by atoms with Crippen LogP contribution in [0.4, 0.5) is 5.82 Å². The van der Waals surface area contributed by atoms with Gasteiger partial charge in [-0.2, -0.15) is 0 Å². The van der Waals surface area contributed by atoms with E-state index in [9.17, 15) is 4.79 Å². The fraction of sp³-hybridized carbons (Fsp3) is 0.750. The van der Waals surface area contributed by atoms with Gasteiger partial charge in [0.25, 0.3) is 5.56 Å². The molecule has 0 radical (unpaired) electrons. The summed E-state index contributed by atoms with van der Waals surface area (Å²) in [5.74, 6) is 0.498. The highest BCUT2D eigenvalue weighted by Crippen LogP contribution is 2.34. The Morgan fingerprint density at radius 2 is 2.14 bits per heavy atom. The summed E-state index contributed by atoms with van der Waals surface area (Å²) in [6, 6.07) is 0.662. The van der Waals surface area contributed by atoms with Gasteiger partial charge in [-0.15, -0.1) is 0 Å². The van der Waals surface area contributed by atoms with Crippen molar-refractivity contribution >= 4 is 5.82 Å². The van der Waals surface area contributed by atoms with Gasteiger partial charge in [-0.3, -0.25) is 4.79 Å². The molecule has 2 aliphatic rings. The van der Waals surface area contributed by atoms with E-state index in [4.69, 9.17) is 4.74 Å². The van der Waals surface area contributed by atoms with Gasteiger partial charge in [0.15, 0.2) is 5.82 Å². The van der Waals surface area contributed by atoms with Crippen molar-refractivity contribution in [3.63, 3.8) is 0 Å². The predicted octanol–water partition coefficient (Wildman–Crippen LogP) is 2.73. The summed E-state index contributed by atoms with van der Waals surface area (Å²) >= 11 is 0. The molecular weight excluding hydrogens is 266 g/mol. The zero-order chi connectivity index (χ0) is 14.9. The average molecular weight is 291 g/mol. The third-order valence-electron chi connectivity index (χ3n) is 4.93. The Hall–Kier alpha value is -1.36. The van der Waals surface area contributed by atoms with Crippen LogP contribution in [0.25, 0.3) is 0 Å². The van der Waals surface area contributed by atoms with E-state index in [2.05, 4.69) is 24.1 Å². The van der Waals surface area contributed by atoms with Gasteiger partial charge in [-0.05, 0) is 38.5 Å². The van der Waals surface area contributed by atoms with Crippen LogP contribution < -0.4 is 10.9 Å². The van der Waals surface area contributed by atoms with Crippen molar-refractivity contribution < 1.29 is 4.74 Å². The van der Waals surface area contributed by atoms with Crippen molar-refractivity contribution in [1.29, 1.82) is 0 Å². The van der Waals surface area contributed by atoms with E-state index >= 15 is 0 Å². The van der Waals surface area contributed by atoms with Crippen LogP contribution in [0.15, 0.2) is 17.2 Å². The lowest BCUT2D eigenvalue weighted by atomic mass is 9.86. The van der Waals surface area contributed by atoms with Crippen LogP contribution in [0, 0.1) is 0 Å². The highest BCUT2D eigenvalue weighted by atomic mass is 16.5. The van der Waals surface area contributed by atoms with Gasteiger partial charge in [0.1, 0.15) is 0 Å². The lowest BCUT2D eigenvalue weighted by molar-refractivity contribution is -0.0864. The van der Waals surface area contributed by atoms with Gasteiger partial charge in [0, 0.05) is 31.1 Å². The first-order valence-electron chi connectivity index (χ1n) is 8.15. The van der Waals surface area contributed by atoms with Gasteiger partial charge >= 0.3 is 0 Å². The van der Waals surface area contributed by atoms with E-state index in [0.717, 1.165) is 45.1 Å². The number of anilines is 1. The summed E-state index contributed by atoms with van der Waals surface area (Å²) in [6.07, 6.45) is 9.64. The molecule has 2 heterocycles. The molecule has 5 nitrogen and oxygen atoms in total. The summed E-state index contributed by atoms with van der Waals surface area (Å²) in [5, 5.41) is 3.37. The Kier molecular flexibility index (Phi) is 4.02. The van der Waals surface area contributed by atoms with E-state index in [1.54, 1.807) is 12.4 Å². The number of hydrogen-bond donors (Lipinski definition) is 1. The van der Waals surface area contributed by atoms with Gasteiger partial charge in [0.2, 0.25) is 0 Å².